The minimum Gasteiger partial charge on any atom is -0.357 e. The van der Waals surface area contributed by atoms with Crippen molar-refractivity contribution in [1.82, 2.24) is 10.6 Å². The van der Waals surface area contributed by atoms with E-state index in [9.17, 15) is 8.42 Å². The second-order valence-electron chi connectivity index (χ2n) is 6.88. The first-order chi connectivity index (χ1) is 12.4. The topological polar surface area (TPSA) is 70.6 Å². The van der Waals surface area contributed by atoms with Gasteiger partial charge in [-0.2, -0.15) is 0 Å². The fourth-order valence-electron chi connectivity index (χ4n) is 2.74. The molecule has 148 valence electrons. The molecule has 2 N–H and O–H groups in total. The summed E-state index contributed by atoms with van der Waals surface area (Å²) in [5, 5.41) is 6.74. The molecule has 1 rings (SSSR count). The van der Waals surface area contributed by atoms with E-state index in [4.69, 9.17) is 0 Å². The van der Waals surface area contributed by atoms with Crippen LogP contribution in [0, 0.1) is 5.92 Å². The molecule has 0 heterocycles. The van der Waals surface area contributed by atoms with E-state index in [0.717, 1.165) is 30.2 Å². The minimum atomic E-state index is -3.00. The molecular formula is C20H35N3O2S. The predicted octanol–water partition coefficient (Wildman–Crippen LogP) is 3.50. The van der Waals surface area contributed by atoms with Crippen LogP contribution in [0.5, 0.6) is 0 Å². The average molecular weight is 382 g/mol. The third-order valence-corrected chi connectivity index (χ3v) is 5.17. The number of unbranched alkanes of at least 4 members (excludes halogenated alkanes) is 1. The smallest absolute Gasteiger partial charge is 0.191 e. The summed E-state index contributed by atoms with van der Waals surface area (Å²) in [4.78, 5) is 4.65. The third-order valence-electron chi connectivity index (χ3n) is 4.32. The number of aliphatic imine (C=N–C) groups is 1. The molecule has 0 aliphatic carbocycles. The molecule has 0 amide bonds. The third kappa shape index (κ3) is 9.80. The molecule has 0 aliphatic heterocycles. The van der Waals surface area contributed by atoms with E-state index in [1.54, 1.807) is 0 Å². The summed E-state index contributed by atoms with van der Waals surface area (Å²) in [6, 6.07) is 7.63. The molecule has 0 spiro atoms. The standard InChI is InChI=1S/C20H35N3O2S/c1-5-8-9-17(6-2)14-22-20(21-7-3)23-15-18-10-12-19(13-11-18)16-26(4,24)25/h10-13,17H,5-9,14-16H2,1-4H3,(H2,21,22,23). The van der Waals surface area contributed by atoms with Gasteiger partial charge in [-0.05, 0) is 30.4 Å². The highest BCUT2D eigenvalue weighted by Crippen LogP contribution is 2.11. The SMILES string of the molecule is CCCCC(CC)CNC(=NCc1ccc(CS(C)(=O)=O)cc1)NCC. The Kier molecular flexibility index (Phi) is 10.3. The molecule has 1 unspecified atom stereocenters. The van der Waals surface area contributed by atoms with Gasteiger partial charge in [-0.25, -0.2) is 13.4 Å². The highest BCUT2D eigenvalue weighted by atomic mass is 32.2. The van der Waals surface area contributed by atoms with E-state index in [2.05, 4.69) is 36.4 Å². The molecule has 1 aromatic carbocycles. The van der Waals surface area contributed by atoms with Gasteiger partial charge in [0.1, 0.15) is 0 Å². The predicted molar refractivity (Wildman–Crippen MR) is 111 cm³/mol. The van der Waals surface area contributed by atoms with Crippen LogP contribution in [-0.4, -0.2) is 33.7 Å². The van der Waals surface area contributed by atoms with Gasteiger partial charge in [0.2, 0.25) is 0 Å². The van der Waals surface area contributed by atoms with Gasteiger partial charge in [0, 0.05) is 19.3 Å². The number of rotatable bonds is 11. The van der Waals surface area contributed by atoms with Crippen molar-refractivity contribution in [2.75, 3.05) is 19.3 Å². The maximum Gasteiger partial charge on any atom is 0.191 e. The highest BCUT2D eigenvalue weighted by molar-refractivity contribution is 7.89. The molecule has 0 saturated carbocycles. The second kappa shape index (κ2) is 11.9. The molecule has 0 fully saturated rings. The fraction of sp³-hybridized carbons (Fsp3) is 0.650. The molecule has 26 heavy (non-hydrogen) atoms. The van der Waals surface area contributed by atoms with Gasteiger partial charge < -0.3 is 10.6 Å². The molecule has 0 bridgehead atoms. The van der Waals surface area contributed by atoms with Crippen LogP contribution >= 0.6 is 0 Å². The number of benzene rings is 1. The zero-order chi connectivity index (χ0) is 19.4. The molecule has 6 heteroatoms. The van der Waals surface area contributed by atoms with Crippen LogP contribution in [0.1, 0.15) is 57.6 Å². The van der Waals surface area contributed by atoms with E-state index >= 15 is 0 Å². The fourth-order valence-corrected chi connectivity index (χ4v) is 3.54. The van der Waals surface area contributed by atoms with Gasteiger partial charge in [-0.1, -0.05) is 57.4 Å². The van der Waals surface area contributed by atoms with Crippen molar-refractivity contribution < 1.29 is 8.42 Å². The zero-order valence-electron chi connectivity index (χ0n) is 16.7. The lowest BCUT2D eigenvalue weighted by Crippen LogP contribution is -2.39. The van der Waals surface area contributed by atoms with Crippen LogP contribution in [-0.2, 0) is 22.1 Å². The number of nitrogens with zero attached hydrogens (tertiary/aromatic N) is 1. The van der Waals surface area contributed by atoms with Gasteiger partial charge in [0.05, 0.1) is 12.3 Å². The molecule has 1 aromatic rings. The van der Waals surface area contributed by atoms with Crippen molar-refractivity contribution in [3.63, 3.8) is 0 Å². The maximum atomic E-state index is 11.4. The van der Waals surface area contributed by atoms with E-state index in [1.165, 1.54) is 31.9 Å². The van der Waals surface area contributed by atoms with Crippen LogP contribution in [0.3, 0.4) is 0 Å². The van der Waals surface area contributed by atoms with Crippen molar-refractivity contribution in [3.8, 4) is 0 Å². The Labute approximate surface area is 159 Å². The average Bonchev–Trinajstić information content (AvgIpc) is 2.59. The van der Waals surface area contributed by atoms with Crippen molar-refractivity contribution in [1.29, 1.82) is 0 Å². The Morgan fingerprint density at radius 3 is 2.27 bits per heavy atom. The van der Waals surface area contributed by atoms with Crippen LogP contribution in [0.4, 0.5) is 0 Å². The first-order valence-corrected chi connectivity index (χ1v) is 11.7. The summed E-state index contributed by atoms with van der Waals surface area (Å²) in [6.45, 7) is 8.86. The van der Waals surface area contributed by atoms with Crippen molar-refractivity contribution in [2.24, 2.45) is 10.9 Å². The second-order valence-corrected chi connectivity index (χ2v) is 9.02. The van der Waals surface area contributed by atoms with Crippen molar-refractivity contribution in [2.45, 2.75) is 58.8 Å². The lowest BCUT2D eigenvalue weighted by Gasteiger charge is -2.18. The number of hydrogen-bond donors (Lipinski definition) is 2. The largest absolute Gasteiger partial charge is 0.357 e. The highest BCUT2D eigenvalue weighted by Gasteiger charge is 2.07. The van der Waals surface area contributed by atoms with Crippen LogP contribution in [0.2, 0.25) is 0 Å². The Balaban J connectivity index is 2.62. The number of nitrogens with one attached hydrogen (secondary N) is 2. The molecule has 0 radical (unpaired) electrons. The normalized spacial score (nSPS) is 13.5. The van der Waals surface area contributed by atoms with E-state index < -0.39 is 9.84 Å². The molecule has 5 nitrogen and oxygen atoms in total. The van der Waals surface area contributed by atoms with Gasteiger partial charge >= 0.3 is 0 Å². The number of sulfone groups is 1. The monoisotopic (exact) mass is 381 g/mol. The first kappa shape index (κ1) is 22.5. The van der Waals surface area contributed by atoms with Gasteiger partial charge in [-0.3, -0.25) is 0 Å². The van der Waals surface area contributed by atoms with E-state index in [1.807, 2.05) is 24.3 Å². The summed E-state index contributed by atoms with van der Waals surface area (Å²) in [5.41, 5.74) is 1.88. The van der Waals surface area contributed by atoms with Crippen LogP contribution in [0.15, 0.2) is 29.3 Å². The van der Waals surface area contributed by atoms with Crippen LogP contribution < -0.4 is 10.6 Å². The minimum absolute atomic E-state index is 0.0803. The molecule has 0 aromatic heterocycles. The van der Waals surface area contributed by atoms with Crippen molar-refractivity contribution >= 4 is 15.8 Å². The Morgan fingerprint density at radius 2 is 1.73 bits per heavy atom. The molecule has 1 atom stereocenters. The molecule has 0 saturated heterocycles. The summed E-state index contributed by atoms with van der Waals surface area (Å²) >= 11 is 0. The van der Waals surface area contributed by atoms with Gasteiger partial charge in [-0.15, -0.1) is 0 Å². The number of guanidine groups is 1. The van der Waals surface area contributed by atoms with E-state index in [-0.39, 0.29) is 5.75 Å². The Hall–Kier alpha value is -1.56. The quantitative estimate of drug-likeness (QED) is 0.455. The summed E-state index contributed by atoms with van der Waals surface area (Å²) < 4.78 is 22.7. The lowest BCUT2D eigenvalue weighted by molar-refractivity contribution is 0.443. The molecule has 0 aliphatic rings. The maximum absolute atomic E-state index is 11.4. The summed E-state index contributed by atoms with van der Waals surface area (Å²) in [5.74, 6) is 1.59. The van der Waals surface area contributed by atoms with Gasteiger partial charge in [0.15, 0.2) is 15.8 Å². The summed E-state index contributed by atoms with van der Waals surface area (Å²) in [6.07, 6.45) is 6.19. The zero-order valence-corrected chi connectivity index (χ0v) is 17.5. The first-order valence-electron chi connectivity index (χ1n) is 9.65. The molecular weight excluding hydrogens is 346 g/mol. The van der Waals surface area contributed by atoms with Crippen molar-refractivity contribution in [3.05, 3.63) is 35.4 Å². The number of hydrogen-bond acceptors (Lipinski definition) is 3. The Bertz CT molecular complexity index is 640. The van der Waals surface area contributed by atoms with Crippen LogP contribution in [0.25, 0.3) is 0 Å². The summed E-state index contributed by atoms with van der Waals surface area (Å²) in [7, 11) is -3.00. The lowest BCUT2D eigenvalue weighted by atomic mass is 9.99. The van der Waals surface area contributed by atoms with Gasteiger partial charge in [0.25, 0.3) is 0 Å². The van der Waals surface area contributed by atoms with E-state index in [0.29, 0.717) is 12.5 Å². The Morgan fingerprint density at radius 1 is 1.08 bits per heavy atom.